The first-order valence-electron chi connectivity index (χ1n) is 9.72. The number of hydrogen-bond donors (Lipinski definition) is 3. The van der Waals surface area contributed by atoms with Gasteiger partial charge in [0, 0.05) is 19.6 Å². The maximum absolute atomic E-state index is 13.3. The maximum atomic E-state index is 13.3. The molecule has 4 rings (SSSR count). The zero-order valence-corrected chi connectivity index (χ0v) is 16.4. The summed E-state index contributed by atoms with van der Waals surface area (Å²) in [5.74, 6) is -0.220. The van der Waals surface area contributed by atoms with Crippen LogP contribution in [0.25, 0.3) is 11.0 Å². The summed E-state index contributed by atoms with van der Waals surface area (Å²) in [6.45, 7) is 5.73. The SMILES string of the molecule is CCc1ccc(C2CNCCN2C(=O)c2cc(C)c3c(=O)[nH]c(=O)[nH]c3n2)cc1. The van der Waals surface area contributed by atoms with Crippen LogP contribution in [0.3, 0.4) is 0 Å². The highest BCUT2D eigenvalue weighted by Crippen LogP contribution is 2.25. The molecule has 3 heterocycles. The van der Waals surface area contributed by atoms with Crippen molar-refractivity contribution in [2.45, 2.75) is 26.3 Å². The van der Waals surface area contributed by atoms with Crippen molar-refractivity contribution in [1.29, 1.82) is 0 Å². The van der Waals surface area contributed by atoms with Crippen molar-refractivity contribution in [3.63, 3.8) is 0 Å². The summed E-state index contributed by atoms with van der Waals surface area (Å²) in [4.78, 5) is 47.9. The van der Waals surface area contributed by atoms with E-state index in [1.165, 1.54) is 5.56 Å². The normalized spacial score (nSPS) is 16.9. The number of carbonyl (C=O) groups excluding carboxylic acids is 1. The maximum Gasteiger partial charge on any atom is 0.327 e. The minimum atomic E-state index is -0.643. The van der Waals surface area contributed by atoms with Gasteiger partial charge in [-0.05, 0) is 36.1 Å². The van der Waals surface area contributed by atoms with Crippen LogP contribution in [0.2, 0.25) is 0 Å². The molecule has 1 aromatic carbocycles. The Morgan fingerprint density at radius 1 is 1.21 bits per heavy atom. The van der Waals surface area contributed by atoms with Crippen molar-refractivity contribution in [1.82, 2.24) is 25.2 Å². The van der Waals surface area contributed by atoms with Crippen LogP contribution >= 0.6 is 0 Å². The van der Waals surface area contributed by atoms with E-state index in [0.717, 1.165) is 12.0 Å². The van der Waals surface area contributed by atoms with Crippen molar-refractivity contribution in [2.24, 2.45) is 0 Å². The molecular formula is C21H23N5O3. The Balaban J connectivity index is 1.73. The minimum absolute atomic E-state index is 0.113. The van der Waals surface area contributed by atoms with E-state index in [0.29, 0.717) is 25.2 Å². The summed E-state index contributed by atoms with van der Waals surface area (Å²) in [6, 6.07) is 9.79. The van der Waals surface area contributed by atoms with Crippen LogP contribution in [0.1, 0.15) is 40.1 Å². The van der Waals surface area contributed by atoms with Gasteiger partial charge < -0.3 is 10.2 Å². The number of aromatic amines is 2. The number of aromatic nitrogens is 3. The Kier molecular flexibility index (Phi) is 5.02. The van der Waals surface area contributed by atoms with Crippen molar-refractivity contribution in [3.05, 3.63) is 73.6 Å². The molecule has 1 unspecified atom stereocenters. The molecule has 3 aromatic rings. The predicted octanol–water partition coefficient (Wildman–Crippen LogP) is 1.27. The van der Waals surface area contributed by atoms with E-state index in [1.807, 2.05) is 0 Å². The molecule has 1 fully saturated rings. The van der Waals surface area contributed by atoms with Crippen LogP contribution in [-0.4, -0.2) is 45.4 Å². The number of amides is 1. The van der Waals surface area contributed by atoms with E-state index in [4.69, 9.17) is 0 Å². The van der Waals surface area contributed by atoms with Gasteiger partial charge in [-0.25, -0.2) is 9.78 Å². The number of fused-ring (bicyclic) bond motifs is 1. The standard InChI is InChI=1S/C21H23N5O3/c1-3-13-4-6-14(7-5-13)16-11-22-8-9-26(16)20(28)15-10-12(2)17-18(23-15)24-21(29)25-19(17)27/h4-7,10,16,22H,3,8-9,11H2,1-2H3,(H2,23,24,25,27,29). The Bertz CT molecular complexity index is 1180. The third-order valence-corrected chi connectivity index (χ3v) is 5.40. The molecule has 1 saturated heterocycles. The van der Waals surface area contributed by atoms with E-state index >= 15 is 0 Å². The molecule has 0 spiro atoms. The van der Waals surface area contributed by atoms with Gasteiger partial charge in [0.25, 0.3) is 11.5 Å². The minimum Gasteiger partial charge on any atom is -0.328 e. The fourth-order valence-corrected chi connectivity index (χ4v) is 3.83. The average molecular weight is 393 g/mol. The number of nitrogens with one attached hydrogen (secondary N) is 3. The highest BCUT2D eigenvalue weighted by atomic mass is 16.2. The van der Waals surface area contributed by atoms with Gasteiger partial charge in [0.2, 0.25) is 0 Å². The lowest BCUT2D eigenvalue weighted by molar-refractivity contribution is 0.0628. The summed E-state index contributed by atoms with van der Waals surface area (Å²) in [5, 5.41) is 3.63. The third-order valence-electron chi connectivity index (χ3n) is 5.40. The van der Waals surface area contributed by atoms with Gasteiger partial charge in [-0.1, -0.05) is 31.2 Å². The molecule has 1 atom stereocenters. The average Bonchev–Trinajstić information content (AvgIpc) is 2.72. The highest BCUT2D eigenvalue weighted by Gasteiger charge is 2.29. The van der Waals surface area contributed by atoms with E-state index < -0.39 is 11.2 Å². The summed E-state index contributed by atoms with van der Waals surface area (Å²) in [6.07, 6.45) is 0.962. The fraction of sp³-hybridized carbons (Fsp3) is 0.333. The largest absolute Gasteiger partial charge is 0.328 e. The van der Waals surface area contributed by atoms with Crippen molar-refractivity contribution < 1.29 is 4.79 Å². The number of pyridine rings is 1. The van der Waals surface area contributed by atoms with Gasteiger partial charge in [0.15, 0.2) is 0 Å². The summed E-state index contributed by atoms with van der Waals surface area (Å²) < 4.78 is 0. The molecule has 1 aliphatic heterocycles. The first-order chi connectivity index (χ1) is 14.0. The molecule has 3 N–H and O–H groups in total. The van der Waals surface area contributed by atoms with Crippen LogP contribution in [0.5, 0.6) is 0 Å². The van der Waals surface area contributed by atoms with Crippen molar-refractivity contribution in [3.8, 4) is 0 Å². The van der Waals surface area contributed by atoms with Gasteiger partial charge in [-0.3, -0.25) is 19.6 Å². The fourth-order valence-electron chi connectivity index (χ4n) is 3.83. The van der Waals surface area contributed by atoms with Gasteiger partial charge in [-0.2, -0.15) is 0 Å². The Morgan fingerprint density at radius 2 is 1.97 bits per heavy atom. The Labute approximate surface area is 167 Å². The molecule has 8 heteroatoms. The van der Waals surface area contributed by atoms with E-state index in [9.17, 15) is 14.4 Å². The molecule has 0 radical (unpaired) electrons. The highest BCUT2D eigenvalue weighted by molar-refractivity contribution is 5.95. The zero-order valence-electron chi connectivity index (χ0n) is 16.4. The molecule has 1 aliphatic rings. The number of carbonyl (C=O) groups is 1. The number of H-pyrrole nitrogens is 2. The van der Waals surface area contributed by atoms with Gasteiger partial charge in [0.1, 0.15) is 11.3 Å². The monoisotopic (exact) mass is 393 g/mol. The van der Waals surface area contributed by atoms with Crippen molar-refractivity contribution in [2.75, 3.05) is 19.6 Å². The predicted molar refractivity (Wildman–Crippen MR) is 110 cm³/mol. The van der Waals surface area contributed by atoms with E-state index in [2.05, 4.69) is 51.5 Å². The second-order valence-electron chi connectivity index (χ2n) is 7.27. The van der Waals surface area contributed by atoms with E-state index in [1.54, 1.807) is 17.9 Å². The van der Waals surface area contributed by atoms with Gasteiger partial charge >= 0.3 is 5.69 Å². The molecule has 0 saturated carbocycles. The molecule has 8 nitrogen and oxygen atoms in total. The first kappa shape index (κ1) is 19.1. The molecule has 29 heavy (non-hydrogen) atoms. The molecule has 2 aromatic heterocycles. The number of aryl methyl sites for hydroxylation is 2. The molecule has 150 valence electrons. The smallest absolute Gasteiger partial charge is 0.327 e. The second kappa shape index (κ2) is 7.63. The quantitative estimate of drug-likeness (QED) is 0.621. The zero-order chi connectivity index (χ0) is 20.5. The van der Waals surface area contributed by atoms with Crippen molar-refractivity contribution >= 4 is 16.9 Å². The number of rotatable bonds is 3. The van der Waals surface area contributed by atoms with Crippen LogP contribution in [0, 0.1) is 6.92 Å². The van der Waals surface area contributed by atoms with Gasteiger partial charge in [0.05, 0.1) is 11.4 Å². The summed E-state index contributed by atoms with van der Waals surface area (Å²) >= 11 is 0. The molecule has 0 aliphatic carbocycles. The number of nitrogens with zero attached hydrogens (tertiary/aromatic N) is 2. The Hall–Kier alpha value is -3.26. The topological polar surface area (TPSA) is 111 Å². The van der Waals surface area contributed by atoms with Crippen LogP contribution in [0.4, 0.5) is 0 Å². The van der Waals surface area contributed by atoms with Crippen LogP contribution in [-0.2, 0) is 6.42 Å². The van der Waals surface area contributed by atoms with Gasteiger partial charge in [-0.15, -0.1) is 0 Å². The number of piperazine rings is 1. The molecule has 1 amide bonds. The first-order valence-corrected chi connectivity index (χ1v) is 9.72. The lowest BCUT2D eigenvalue weighted by Crippen LogP contribution is -2.49. The molecule has 0 bridgehead atoms. The van der Waals surface area contributed by atoms with Crippen LogP contribution in [0.15, 0.2) is 39.9 Å². The lowest BCUT2D eigenvalue weighted by Gasteiger charge is -2.36. The van der Waals surface area contributed by atoms with Crippen LogP contribution < -0.4 is 16.6 Å². The Morgan fingerprint density at radius 3 is 2.69 bits per heavy atom. The molecular weight excluding hydrogens is 370 g/mol. The van der Waals surface area contributed by atoms with E-state index in [-0.39, 0.29) is 28.7 Å². The summed E-state index contributed by atoms with van der Waals surface area (Å²) in [5.41, 5.74) is 2.09. The summed E-state index contributed by atoms with van der Waals surface area (Å²) in [7, 11) is 0. The number of hydrogen-bond acceptors (Lipinski definition) is 5. The second-order valence-corrected chi connectivity index (χ2v) is 7.27. The third kappa shape index (κ3) is 3.58. The lowest BCUT2D eigenvalue weighted by atomic mass is 10.0. The number of benzene rings is 1.